The van der Waals surface area contributed by atoms with Crippen LogP contribution in [0.3, 0.4) is 0 Å². The molecular weight excluding hydrogens is 376 g/mol. The van der Waals surface area contributed by atoms with Gasteiger partial charge >= 0.3 is 0 Å². The monoisotopic (exact) mass is 396 g/mol. The lowest BCUT2D eigenvalue weighted by Crippen LogP contribution is -2.26. The van der Waals surface area contributed by atoms with Crippen molar-refractivity contribution < 1.29 is 18.8 Å². The molecule has 29 heavy (non-hydrogen) atoms. The van der Waals surface area contributed by atoms with Gasteiger partial charge in [0.05, 0.1) is 12.5 Å². The van der Waals surface area contributed by atoms with Crippen LogP contribution in [-0.4, -0.2) is 51.7 Å². The average molecular weight is 396 g/mol. The molecule has 0 aliphatic carbocycles. The fourth-order valence-electron chi connectivity index (χ4n) is 2.39. The van der Waals surface area contributed by atoms with Crippen LogP contribution in [0.1, 0.15) is 26.6 Å². The van der Waals surface area contributed by atoms with Crippen LogP contribution in [0.5, 0.6) is 0 Å². The smallest absolute Gasteiger partial charge is 0.291 e. The van der Waals surface area contributed by atoms with Gasteiger partial charge in [-0.05, 0) is 29.8 Å². The maximum atomic E-state index is 12.3. The van der Waals surface area contributed by atoms with E-state index >= 15 is 0 Å². The Balaban J connectivity index is 1.56. The van der Waals surface area contributed by atoms with Gasteiger partial charge in [-0.1, -0.05) is 17.3 Å². The van der Waals surface area contributed by atoms with Crippen molar-refractivity contribution in [3.63, 3.8) is 0 Å². The lowest BCUT2D eigenvalue weighted by Gasteiger charge is -2.09. The minimum absolute atomic E-state index is 0.00465. The zero-order valence-electron chi connectivity index (χ0n) is 16.0. The van der Waals surface area contributed by atoms with Crippen molar-refractivity contribution in [1.29, 1.82) is 0 Å². The van der Waals surface area contributed by atoms with Crippen molar-refractivity contribution >= 4 is 23.4 Å². The summed E-state index contributed by atoms with van der Waals surface area (Å²) in [6, 6.07) is 10.3. The van der Waals surface area contributed by atoms with Crippen molar-refractivity contribution in [2.24, 2.45) is 0 Å². The molecule has 2 heterocycles. The van der Waals surface area contributed by atoms with E-state index in [0.717, 1.165) is 5.56 Å². The molecule has 0 saturated heterocycles. The molecule has 3 rings (SSSR count). The number of likely N-dealkylation sites (N-methyl/N-ethyl adjacent to an activating group) is 1. The highest BCUT2D eigenvalue weighted by molar-refractivity contribution is 6.02. The number of rotatable bonds is 7. The number of hydrogen-bond donors (Lipinski definition) is 2. The Morgan fingerprint density at radius 2 is 1.97 bits per heavy atom. The summed E-state index contributed by atoms with van der Waals surface area (Å²) in [6.45, 7) is 0.234. The van der Waals surface area contributed by atoms with Gasteiger partial charge < -0.3 is 20.0 Å². The second-order valence-corrected chi connectivity index (χ2v) is 6.40. The average Bonchev–Trinajstić information content (AvgIpc) is 3.38. The molecule has 2 N–H and O–H groups in total. The van der Waals surface area contributed by atoms with E-state index in [4.69, 9.17) is 4.42 Å². The number of anilines is 1. The van der Waals surface area contributed by atoms with E-state index in [2.05, 4.69) is 20.9 Å². The van der Waals surface area contributed by atoms with Gasteiger partial charge in [-0.3, -0.25) is 14.4 Å². The number of carbonyl (C=O) groups is 3. The minimum Gasteiger partial charge on any atom is -0.459 e. The first-order chi connectivity index (χ1) is 13.9. The first kappa shape index (κ1) is 19.8. The second-order valence-electron chi connectivity index (χ2n) is 6.40. The van der Waals surface area contributed by atoms with E-state index in [1.54, 1.807) is 44.4 Å². The Morgan fingerprint density at radius 1 is 1.14 bits per heavy atom. The molecule has 150 valence electrons. The molecule has 2 aromatic heterocycles. The van der Waals surface area contributed by atoms with Crippen LogP contribution in [0.15, 0.2) is 53.3 Å². The highest BCUT2D eigenvalue weighted by atomic mass is 16.3. The first-order valence-corrected chi connectivity index (χ1v) is 8.74. The SMILES string of the molecule is CN(C)C(=O)Cn1cc(C(=O)NCc2cccc(NC(=O)c3ccco3)c2)nn1. The third-order valence-electron chi connectivity index (χ3n) is 3.95. The van der Waals surface area contributed by atoms with Crippen LogP contribution in [0, 0.1) is 0 Å². The Bertz CT molecular complexity index is 1010. The third kappa shape index (κ3) is 5.28. The normalized spacial score (nSPS) is 10.4. The zero-order chi connectivity index (χ0) is 20.8. The zero-order valence-corrected chi connectivity index (χ0v) is 16.0. The summed E-state index contributed by atoms with van der Waals surface area (Å²) in [6.07, 6.45) is 2.84. The summed E-state index contributed by atoms with van der Waals surface area (Å²) in [5.41, 5.74) is 1.47. The largest absolute Gasteiger partial charge is 0.459 e. The molecule has 3 amide bonds. The molecule has 0 aliphatic heterocycles. The number of furan rings is 1. The molecule has 0 fully saturated rings. The molecule has 0 bridgehead atoms. The molecule has 1 aromatic carbocycles. The van der Waals surface area contributed by atoms with E-state index in [1.165, 1.54) is 22.0 Å². The van der Waals surface area contributed by atoms with Gasteiger partial charge in [0.2, 0.25) is 5.91 Å². The summed E-state index contributed by atoms with van der Waals surface area (Å²) in [5, 5.41) is 13.0. The highest BCUT2D eigenvalue weighted by Gasteiger charge is 2.13. The standard InChI is InChI=1S/C19H20N6O4/c1-24(2)17(26)12-25-11-15(22-23-25)18(27)20-10-13-5-3-6-14(9-13)21-19(28)16-7-4-8-29-16/h3-9,11H,10,12H2,1-2H3,(H,20,27)(H,21,28). The van der Waals surface area contributed by atoms with E-state index in [-0.39, 0.29) is 36.4 Å². The van der Waals surface area contributed by atoms with Gasteiger partial charge in [0.15, 0.2) is 11.5 Å². The number of amides is 3. The number of carbonyl (C=O) groups excluding carboxylic acids is 3. The molecule has 0 spiro atoms. The van der Waals surface area contributed by atoms with Crippen LogP contribution in [0.4, 0.5) is 5.69 Å². The first-order valence-electron chi connectivity index (χ1n) is 8.74. The van der Waals surface area contributed by atoms with Crippen molar-refractivity contribution in [3.8, 4) is 0 Å². The van der Waals surface area contributed by atoms with Gasteiger partial charge in [0.1, 0.15) is 6.54 Å². The fraction of sp³-hybridized carbons (Fsp3) is 0.211. The lowest BCUT2D eigenvalue weighted by atomic mass is 10.2. The second kappa shape index (κ2) is 8.83. The van der Waals surface area contributed by atoms with Crippen molar-refractivity contribution in [3.05, 3.63) is 65.9 Å². The molecule has 0 atom stereocenters. The summed E-state index contributed by atoms with van der Waals surface area (Å²) in [4.78, 5) is 37.4. The van der Waals surface area contributed by atoms with Crippen LogP contribution in [0.2, 0.25) is 0 Å². The van der Waals surface area contributed by atoms with Crippen LogP contribution in [0.25, 0.3) is 0 Å². The Labute approximate surface area is 166 Å². The van der Waals surface area contributed by atoms with E-state index in [9.17, 15) is 14.4 Å². The fourth-order valence-corrected chi connectivity index (χ4v) is 2.39. The number of aromatic nitrogens is 3. The Morgan fingerprint density at radius 3 is 2.69 bits per heavy atom. The summed E-state index contributed by atoms with van der Waals surface area (Å²) >= 11 is 0. The van der Waals surface area contributed by atoms with Gasteiger partial charge in [-0.25, -0.2) is 4.68 Å². The molecule has 0 radical (unpaired) electrons. The molecule has 10 heteroatoms. The van der Waals surface area contributed by atoms with Crippen molar-refractivity contribution in [2.75, 3.05) is 19.4 Å². The summed E-state index contributed by atoms with van der Waals surface area (Å²) < 4.78 is 6.36. The molecule has 3 aromatic rings. The predicted octanol–water partition coefficient (Wildman–Crippen LogP) is 1.14. The van der Waals surface area contributed by atoms with Crippen LogP contribution in [-0.2, 0) is 17.9 Å². The van der Waals surface area contributed by atoms with E-state index < -0.39 is 5.91 Å². The third-order valence-corrected chi connectivity index (χ3v) is 3.95. The van der Waals surface area contributed by atoms with Crippen LogP contribution >= 0.6 is 0 Å². The quantitative estimate of drug-likeness (QED) is 0.618. The number of nitrogens with zero attached hydrogens (tertiary/aromatic N) is 4. The van der Waals surface area contributed by atoms with Gasteiger partial charge in [-0.15, -0.1) is 5.10 Å². The van der Waals surface area contributed by atoms with Crippen LogP contribution < -0.4 is 10.6 Å². The van der Waals surface area contributed by atoms with Crippen molar-refractivity contribution in [2.45, 2.75) is 13.1 Å². The maximum absolute atomic E-state index is 12.3. The Kier molecular flexibility index (Phi) is 6.03. The molecule has 10 nitrogen and oxygen atoms in total. The number of benzene rings is 1. The Hall–Kier alpha value is -3.95. The molecule has 0 saturated carbocycles. The van der Waals surface area contributed by atoms with Gasteiger partial charge in [0, 0.05) is 26.3 Å². The van der Waals surface area contributed by atoms with E-state index in [1.807, 2.05) is 6.07 Å². The minimum atomic E-state index is -0.418. The lowest BCUT2D eigenvalue weighted by molar-refractivity contribution is -0.129. The predicted molar refractivity (Wildman–Crippen MR) is 103 cm³/mol. The summed E-state index contributed by atoms with van der Waals surface area (Å²) in [5.74, 6) is -0.728. The topological polar surface area (TPSA) is 122 Å². The highest BCUT2D eigenvalue weighted by Crippen LogP contribution is 2.13. The number of hydrogen-bond acceptors (Lipinski definition) is 6. The van der Waals surface area contributed by atoms with Crippen molar-refractivity contribution in [1.82, 2.24) is 25.2 Å². The summed E-state index contributed by atoms with van der Waals surface area (Å²) in [7, 11) is 3.27. The van der Waals surface area contributed by atoms with E-state index in [0.29, 0.717) is 5.69 Å². The maximum Gasteiger partial charge on any atom is 0.291 e. The van der Waals surface area contributed by atoms with Gasteiger partial charge in [-0.2, -0.15) is 0 Å². The molecule has 0 aliphatic rings. The number of nitrogens with one attached hydrogen (secondary N) is 2. The van der Waals surface area contributed by atoms with Gasteiger partial charge in [0.25, 0.3) is 11.8 Å². The molecule has 0 unspecified atom stereocenters. The molecular formula is C19H20N6O4.